The molecule has 0 radical (unpaired) electrons. The third-order valence-electron chi connectivity index (χ3n) is 3.76. The van der Waals surface area contributed by atoms with Gasteiger partial charge in [-0.25, -0.2) is 0 Å². The smallest absolute Gasteiger partial charge is 0.0548 e. The number of nitrogens with zero attached hydrogens (tertiary/aromatic N) is 1. The molecule has 0 N–H and O–H groups in total. The molecule has 0 saturated carbocycles. The Morgan fingerprint density at radius 2 is 1.45 bits per heavy atom. The zero-order valence-corrected chi connectivity index (χ0v) is 15.2. The van der Waals surface area contributed by atoms with Crippen LogP contribution in [0.4, 0.5) is 0 Å². The van der Waals surface area contributed by atoms with Crippen LogP contribution < -0.4 is 0 Å². The van der Waals surface area contributed by atoms with Crippen molar-refractivity contribution < 1.29 is 0 Å². The molecule has 1 aliphatic rings. The summed E-state index contributed by atoms with van der Waals surface area (Å²) in [5.41, 5.74) is 2.69. The summed E-state index contributed by atoms with van der Waals surface area (Å²) in [5.74, 6) is 0. The first-order valence-electron chi connectivity index (χ1n) is 7.41. The first kappa shape index (κ1) is 15.9. The highest BCUT2D eigenvalue weighted by atomic mass is 127. The van der Waals surface area contributed by atoms with Gasteiger partial charge >= 0.3 is 0 Å². The first-order valence-corrected chi connectivity index (χ1v) is 10.6. The topological polar surface area (TPSA) is 3.24 Å². The van der Waals surface area contributed by atoms with Gasteiger partial charge in [-0.1, -0.05) is 72.3 Å². The third-order valence-corrected chi connectivity index (χ3v) is 6.35. The molecule has 3 rings (SSSR count). The molecule has 22 heavy (non-hydrogen) atoms. The number of halogens is 2. The van der Waals surface area contributed by atoms with E-state index in [-0.39, 0.29) is 20.7 Å². The highest BCUT2D eigenvalue weighted by Gasteiger charge is 2.22. The van der Waals surface area contributed by atoms with E-state index in [1.54, 1.807) is 0 Å². The van der Waals surface area contributed by atoms with E-state index in [0.717, 1.165) is 18.1 Å². The first-order chi connectivity index (χ1) is 10.8. The van der Waals surface area contributed by atoms with E-state index in [1.807, 2.05) is 0 Å². The van der Waals surface area contributed by atoms with Crippen LogP contribution in [0.3, 0.4) is 0 Å². The van der Waals surface area contributed by atoms with Crippen LogP contribution in [-0.2, 0) is 13.1 Å². The molecule has 0 aromatic heterocycles. The summed E-state index contributed by atoms with van der Waals surface area (Å²) in [6.07, 6.45) is 2.12. The van der Waals surface area contributed by atoms with Crippen LogP contribution in [-0.4, -0.2) is 19.4 Å². The summed E-state index contributed by atoms with van der Waals surface area (Å²) < 4.78 is 3.48. The Hall–Kier alpha value is -0.970. The molecule has 0 fully saturated rings. The second kappa shape index (κ2) is 8.04. The van der Waals surface area contributed by atoms with Gasteiger partial charge in [0.05, 0.1) is 6.04 Å². The molecule has 1 atom stereocenters. The maximum atomic E-state index is 6.52. The van der Waals surface area contributed by atoms with Gasteiger partial charge in [0.1, 0.15) is 0 Å². The summed E-state index contributed by atoms with van der Waals surface area (Å²) in [4.78, 5) is 2.51. The lowest BCUT2D eigenvalue weighted by Crippen LogP contribution is -2.37. The Morgan fingerprint density at radius 1 is 0.909 bits per heavy atom. The van der Waals surface area contributed by atoms with Gasteiger partial charge in [0.15, 0.2) is 0 Å². The van der Waals surface area contributed by atoms with Gasteiger partial charge in [0.2, 0.25) is 0 Å². The number of benzene rings is 2. The van der Waals surface area contributed by atoms with Crippen LogP contribution in [0.2, 0.25) is 0 Å². The normalized spacial score (nSPS) is 17.9. The minimum absolute atomic E-state index is 0.134. The van der Waals surface area contributed by atoms with Gasteiger partial charge in [0, 0.05) is 22.5 Å². The third kappa shape index (κ3) is 4.28. The van der Waals surface area contributed by atoms with E-state index in [9.17, 15) is 0 Å². The fraction of sp³-hybridized carbons (Fsp3) is 0.211. The maximum Gasteiger partial charge on any atom is 0.0548 e. The van der Waals surface area contributed by atoms with Crippen molar-refractivity contribution in [2.45, 2.75) is 19.1 Å². The minimum Gasteiger partial charge on any atom is -0.286 e. The predicted molar refractivity (Wildman–Crippen MR) is 105 cm³/mol. The van der Waals surface area contributed by atoms with Crippen molar-refractivity contribution in [2.24, 2.45) is 0 Å². The molecule has 1 heterocycles. The molecule has 0 saturated heterocycles. The quantitative estimate of drug-likeness (QED) is 0.485. The maximum absolute atomic E-state index is 6.52. The van der Waals surface area contributed by atoms with E-state index >= 15 is 0 Å². The Bertz CT molecular complexity index is 610. The van der Waals surface area contributed by atoms with Crippen molar-refractivity contribution in [3.05, 3.63) is 82.9 Å². The number of hydrogen-bond donors (Lipinski definition) is 0. The van der Waals surface area contributed by atoms with Crippen LogP contribution in [0, 0.1) is 0 Å². The molecule has 0 amide bonds. The van der Waals surface area contributed by atoms with Crippen molar-refractivity contribution in [2.75, 3.05) is 4.43 Å². The van der Waals surface area contributed by atoms with E-state index in [0.29, 0.717) is 6.04 Å². The minimum atomic E-state index is 0.134. The summed E-state index contributed by atoms with van der Waals surface area (Å²) in [7, 11) is 0. The second-order valence-corrected chi connectivity index (χ2v) is 8.30. The Balaban J connectivity index is 1.82. The van der Waals surface area contributed by atoms with E-state index < -0.39 is 0 Å². The van der Waals surface area contributed by atoms with Gasteiger partial charge in [-0.2, -0.15) is 0 Å². The Labute approximate surface area is 147 Å². The monoisotopic (exact) mass is 423 g/mol. The highest BCUT2D eigenvalue weighted by molar-refractivity contribution is 14.2. The van der Waals surface area contributed by atoms with Crippen molar-refractivity contribution in [1.82, 2.24) is 4.90 Å². The lowest BCUT2D eigenvalue weighted by molar-refractivity contribution is 0.225. The van der Waals surface area contributed by atoms with Crippen molar-refractivity contribution >= 4 is 36.3 Å². The van der Waals surface area contributed by atoms with Gasteiger partial charge in [0.25, 0.3) is 0 Å². The lowest BCUT2D eigenvalue weighted by atomic mass is 10.1. The van der Waals surface area contributed by atoms with Crippen molar-refractivity contribution in [1.29, 1.82) is 0 Å². The molecular formula is C19H19ClIN. The zero-order chi connectivity index (χ0) is 15.2. The SMILES string of the molecule is ClC1=CC=ICC1N(Cc1ccccc1)Cc1ccccc1. The molecular weight excluding hydrogens is 405 g/mol. The standard InChI is InChI=1S/C19H19ClIN/c20-18-11-12-21-13-19(18)22(14-16-7-3-1-4-8-16)15-17-9-5-2-6-10-17/h1-12,19H,13-15H2. The van der Waals surface area contributed by atoms with Crippen LogP contribution in [0.25, 0.3) is 0 Å². The Kier molecular flexibility index (Phi) is 5.82. The molecule has 1 unspecified atom stereocenters. The molecule has 0 spiro atoms. The zero-order valence-electron chi connectivity index (χ0n) is 12.3. The highest BCUT2D eigenvalue weighted by Crippen LogP contribution is 2.26. The number of hydrogen-bond acceptors (Lipinski definition) is 1. The summed E-state index contributed by atoms with van der Waals surface area (Å²) in [6.45, 7) is 1.88. The molecule has 3 heteroatoms. The molecule has 114 valence electrons. The van der Waals surface area contributed by atoms with Gasteiger partial charge in [-0.3, -0.25) is 4.90 Å². The second-order valence-electron chi connectivity index (χ2n) is 5.38. The van der Waals surface area contributed by atoms with E-state index in [1.165, 1.54) is 15.6 Å². The molecule has 1 nitrogen and oxygen atoms in total. The molecule has 1 aliphatic heterocycles. The van der Waals surface area contributed by atoms with Crippen LogP contribution in [0.15, 0.2) is 71.8 Å². The van der Waals surface area contributed by atoms with Crippen molar-refractivity contribution in [3.8, 4) is 0 Å². The lowest BCUT2D eigenvalue weighted by Gasteiger charge is -2.32. The largest absolute Gasteiger partial charge is 0.286 e. The summed E-state index contributed by atoms with van der Waals surface area (Å²) >= 11 is 6.65. The Morgan fingerprint density at radius 3 is 1.95 bits per heavy atom. The number of alkyl halides is 1. The van der Waals surface area contributed by atoms with Crippen LogP contribution in [0.5, 0.6) is 0 Å². The molecule has 2 aromatic carbocycles. The number of allylic oxidation sites excluding steroid dienone is 1. The average Bonchev–Trinajstić information content (AvgIpc) is 2.57. The predicted octanol–water partition coefficient (Wildman–Crippen LogP) is 4.97. The molecule has 2 aromatic rings. The van der Waals surface area contributed by atoms with Crippen LogP contribution >= 0.6 is 32.3 Å². The summed E-state index contributed by atoms with van der Waals surface area (Å²) in [5, 5.41) is 0.984. The van der Waals surface area contributed by atoms with Crippen molar-refractivity contribution in [3.63, 3.8) is 0 Å². The number of rotatable bonds is 5. The van der Waals surface area contributed by atoms with E-state index in [4.69, 9.17) is 11.6 Å². The average molecular weight is 424 g/mol. The van der Waals surface area contributed by atoms with Crippen LogP contribution in [0.1, 0.15) is 11.1 Å². The fourth-order valence-corrected chi connectivity index (χ4v) is 5.81. The molecule has 0 aliphatic carbocycles. The van der Waals surface area contributed by atoms with Gasteiger partial charge in [-0.15, -0.1) is 20.7 Å². The van der Waals surface area contributed by atoms with Gasteiger partial charge in [-0.05, 0) is 21.2 Å². The van der Waals surface area contributed by atoms with Gasteiger partial charge < -0.3 is 0 Å². The summed E-state index contributed by atoms with van der Waals surface area (Å²) in [6, 6.07) is 21.7. The fourth-order valence-electron chi connectivity index (χ4n) is 2.61. The molecule has 0 bridgehead atoms. The van der Waals surface area contributed by atoms with E-state index in [2.05, 4.69) is 75.7 Å².